The van der Waals surface area contributed by atoms with Crippen LogP contribution in [-0.2, 0) is 33.5 Å². The number of anilines is 1. The zero-order valence-electron chi connectivity index (χ0n) is 17.4. The van der Waals surface area contributed by atoms with E-state index in [0.717, 1.165) is 11.3 Å². The van der Waals surface area contributed by atoms with Crippen molar-refractivity contribution in [2.45, 2.75) is 25.3 Å². The minimum Gasteiger partial charge on any atom is -0.428 e. The number of oxime groups is 1. The number of rotatable bonds is 8. The fourth-order valence-corrected chi connectivity index (χ4v) is 4.56. The van der Waals surface area contributed by atoms with Crippen LogP contribution in [0.4, 0.5) is 5.13 Å². The monoisotopic (exact) mass is 483 g/mol. The highest BCUT2D eigenvalue weighted by Crippen LogP contribution is 2.37. The molecule has 12 nitrogen and oxygen atoms in total. The molecule has 0 aromatic carbocycles. The van der Waals surface area contributed by atoms with E-state index in [9.17, 15) is 19.2 Å². The molecule has 1 fully saturated rings. The largest absolute Gasteiger partial charge is 0.428 e. The number of nitrogens with zero attached hydrogens (tertiary/aromatic N) is 3. The molecule has 3 rings (SSSR count). The van der Waals surface area contributed by atoms with Gasteiger partial charge >= 0.3 is 11.9 Å². The van der Waals surface area contributed by atoms with Gasteiger partial charge in [0, 0.05) is 11.1 Å². The molecule has 2 aliphatic rings. The van der Waals surface area contributed by atoms with Crippen molar-refractivity contribution in [3.63, 3.8) is 0 Å². The topological polar surface area (TPSA) is 163 Å². The first-order chi connectivity index (χ1) is 15.2. The maximum Gasteiger partial charge on any atom is 0.357 e. The maximum absolute atomic E-state index is 12.7. The normalized spacial score (nSPS) is 20.1. The molecule has 3 N–H and O–H groups in total. The fraction of sp³-hybridized carbons (Fsp3) is 0.444. The van der Waals surface area contributed by atoms with Crippen molar-refractivity contribution in [3.8, 4) is 0 Å². The average molecular weight is 484 g/mol. The van der Waals surface area contributed by atoms with Crippen LogP contribution >= 0.6 is 23.1 Å². The summed E-state index contributed by atoms with van der Waals surface area (Å²) in [5.41, 5.74) is 5.72. The van der Waals surface area contributed by atoms with Crippen LogP contribution in [0.25, 0.3) is 0 Å². The predicted octanol–water partition coefficient (Wildman–Crippen LogP) is 0.0595. The number of amides is 2. The van der Waals surface area contributed by atoms with Crippen LogP contribution in [-0.4, -0.2) is 70.4 Å². The number of carbonyl (C=O) groups is 4. The van der Waals surface area contributed by atoms with Gasteiger partial charge in [-0.05, 0) is 6.08 Å². The van der Waals surface area contributed by atoms with Gasteiger partial charge in [0.15, 0.2) is 10.8 Å². The number of nitrogen functional groups attached to an aromatic ring is 1. The lowest BCUT2D eigenvalue weighted by Crippen LogP contribution is -2.70. The van der Waals surface area contributed by atoms with E-state index in [1.54, 1.807) is 25.3 Å². The number of carbonyl (C=O) groups excluding carboxylic acids is 4. The zero-order chi connectivity index (χ0) is 23.4. The lowest BCUT2D eigenvalue weighted by atomic mass is 10.0. The molecule has 14 heteroatoms. The number of β-lactam (4-membered cyclic amide) rings is 1. The smallest absolute Gasteiger partial charge is 0.357 e. The van der Waals surface area contributed by atoms with E-state index >= 15 is 0 Å². The molecule has 3 heterocycles. The third-order valence-corrected chi connectivity index (χ3v) is 6.22. The summed E-state index contributed by atoms with van der Waals surface area (Å²) in [6.07, 6.45) is 1.54. The number of nitrogens with one attached hydrogen (secondary N) is 1. The average Bonchev–Trinajstić information content (AvgIpc) is 3.20. The Morgan fingerprint density at radius 1 is 1.38 bits per heavy atom. The molecule has 2 atom stereocenters. The Labute approximate surface area is 191 Å². The first-order valence-electron chi connectivity index (χ1n) is 9.36. The molecule has 2 aliphatic heterocycles. The summed E-state index contributed by atoms with van der Waals surface area (Å²) in [7, 11) is 1.28. The Hall–Kier alpha value is -3.13. The Morgan fingerprint density at radius 2 is 2.12 bits per heavy atom. The third-order valence-electron chi connectivity index (χ3n) is 4.37. The Morgan fingerprint density at radius 3 is 2.75 bits per heavy atom. The summed E-state index contributed by atoms with van der Waals surface area (Å²) in [5.74, 6) is -2.43. The van der Waals surface area contributed by atoms with Crippen LogP contribution in [0.2, 0.25) is 0 Å². The molecule has 0 bridgehead atoms. The molecule has 2 amide bonds. The fourth-order valence-electron chi connectivity index (χ4n) is 2.81. The number of fused-ring (bicyclic) bond motifs is 1. The van der Waals surface area contributed by atoms with Gasteiger partial charge in [0.2, 0.25) is 6.79 Å². The highest BCUT2D eigenvalue weighted by molar-refractivity contribution is 8.00. The second-order valence-electron chi connectivity index (χ2n) is 6.83. The molecule has 1 aromatic rings. The minimum absolute atomic E-state index is 0.0305. The van der Waals surface area contributed by atoms with E-state index in [-0.39, 0.29) is 28.2 Å². The summed E-state index contributed by atoms with van der Waals surface area (Å²) in [4.78, 5) is 59.2. The van der Waals surface area contributed by atoms with E-state index in [4.69, 9.17) is 20.0 Å². The first-order valence-corrected chi connectivity index (χ1v) is 11.3. The molecule has 0 spiro atoms. The number of thioether (sulfide) groups is 1. The van der Waals surface area contributed by atoms with Crippen LogP contribution in [0.3, 0.4) is 0 Å². The van der Waals surface area contributed by atoms with Crippen LogP contribution < -0.4 is 11.1 Å². The van der Waals surface area contributed by atoms with Crippen molar-refractivity contribution < 1.29 is 33.5 Å². The lowest BCUT2D eigenvalue weighted by molar-refractivity contribution is -0.170. The van der Waals surface area contributed by atoms with Crippen LogP contribution in [0.5, 0.6) is 0 Å². The van der Waals surface area contributed by atoms with E-state index in [0.29, 0.717) is 5.75 Å². The van der Waals surface area contributed by atoms with Crippen molar-refractivity contribution >= 4 is 57.7 Å². The van der Waals surface area contributed by atoms with E-state index in [1.165, 1.54) is 23.8 Å². The van der Waals surface area contributed by atoms with Crippen LogP contribution in [0.1, 0.15) is 19.5 Å². The Kier molecular flexibility index (Phi) is 7.35. The van der Waals surface area contributed by atoms with Crippen molar-refractivity contribution in [2.75, 3.05) is 25.4 Å². The van der Waals surface area contributed by atoms with Crippen molar-refractivity contribution in [3.05, 3.63) is 22.8 Å². The SMILES string of the molecule is CON=C(C(=O)NC1C(=O)N2C(C(=O)OCOC(=O)C(C)C)=CCS[C@H]12)c1csc(N)n1. The van der Waals surface area contributed by atoms with Gasteiger partial charge in [-0.2, -0.15) is 0 Å². The summed E-state index contributed by atoms with van der Waals surface area (Å²) >= 11 is 2.49. The number of hydrogen-bond acceptors (Lipinski definition) is 12. The van der Waals surface area contributed by atoms with Crippen molar-refractivity contribution in [1.82, 2.24) is 15.2 Å². The van der Waals surface area contributed by atoms with Gasteiger partial charge in [-0.15, -0.1) is 23.1 Å². The summed E-state index contributed by atoms with van der Waals surface area (Å²) in [6.45, 7) is 2.74. The number of thiazole rings is 1. The van der Waals surface area contributed by atoms with E-state index < -0.39 is 42.0 Å². The highest BCUT2D eigenvalue weighted by Gasteiger charge is 2.53. The molecular weight excluding hydrogens is 462 g/mol. The van der Waals surface area contributed by atoms with Crippen LogP contribution in [0.15, 0.2) is 22.3 Å². The van der Waals surface area contributed by atoms with Gasteiger partial charge in [-0.3, -0.25) is 19.3 Å². The second kappa shape index (κ2) is 9.99. The number of hydrogen-bond donors (Lipinski definition) is 2. The maximum atomic E-state index is 12.7. The standard InChI is InChI=1S/C18H21N5O7S2/c1-8(2)16(26)29-7-30-17(27)10-4-5-31-15-12(14(25)23(10)15)21-13(24)11(22-28-3)9-6-32-18(19)20-9/h4,6,8,12,15H,5,7H2,1-3H3,(H2,19,20)(H,21,24)/t12?,15-/m1/s1. The third kappa shape index (κ3) is 4.85. The number of nitrogens with two attached hydrogens (primary N) is 1. The summed E-state index contributed by atoms with van der Waals surface area (Å²) in [5, 5.41) is 7.56. The van der Waals surface area contributed by atoms with Crippen molar-refractivity contribution in [2.24, 2.45) is 11.1 Å². The number of ether oxygens (including phenoxy) is 2. The Bertz CT molecular complexity index is 990. The molecule has 1 aromatic heterocycles. The van der Waals surface area contributed by atoms with Gasteiger partial charge in [-0.1, -0.05) is 19.0 Å². The molecule has 1 unspecified atom stereocenters. The lowest BCUT2D eigenvalue weighted by Gasteiger charge is -2.48. The van der Waals surface area contributed by atoms with Gasteiger partial charge in [-0.25, -0.2) is 9.78 Å². The zero-order valence-corrected chi connectivity index (χ0v) is 19.0. The number of aromatic nitrogens is 1. The number of esters is 2. The molecular formula is C18H21N5O7S2. The molecule has 0 aliphatic carbocycles. The molecule has 1 saturated heterocycles. The molecule has 172 valence electrons. The van der Waals surface area contributed by atoms with Crippen molar-refractivity contribution in [1.29, 1.82) is 0 Å². The Balaban J connectivity index is 1.62. The summed E-state index contributed by atoms with van der Waals surface area (Å²) in [6, 6.07) is -0.888. The first kappa shape index (κ1) is 23.5. The molecule has 32 heavy (non-hydrogen) atoms. The van der Waals surface area contributed by atoms with E-state index in [1.807, 2.05) is 0 Å². The molecule has 0 radical (unpaired) electrons. The van der Waals surface area contributed by atoms with Gasteiger partial charge in [0.25, 0.3) is 11.8 Å². The highest BCUT2D eigenvalue weighted by atomic mass is 32.2. The van der Waals surface area contributed by atoms with Gasteiger partial charge < -0.3 is 25.4 Å². The van der Waals surface area contributed by atoms with Crippen LogP contribution in [0, 0.1) is 5.92 Å². The quantitative estimate of drug-likeness (QED) is 0.170. The van der Waals surface area contributed by atoms with E-state index in [2.05, 4.69) is 15.5 Å². The van der Waals surface area contributed by atoms with Gasteiger partial charge in [0.05, 0.1) is 5.92 Å². The molecule has 0 saturated carbocycles. The second-order valence-corrected chi connectivity index (χ2v) is 8.87. The summed E-state index contributed by atoms with van der Waals surface area (Å²) < 4.78 is 9.78. The predicted molar refractivity (Wildman–Crippen MR) is 115 cm³/mol. The van der Waals surface area contributed by atoms with Gasteiger partial charge in [0.1, 0.15) is 29.9 Å². The minimum atomic E-state index is -0.888.